The Morgan fingerprint density at radius 2 is 2.05 bits per heavy atom. The third kappa shape index (κ3) is 2.25. The number of aromatic nitrogens is 1. The molecule has 2 aromatic carbocycles. The van der Waals surface area contributed by atoms with Crippen LogP contribution in [-0.4, -0.2) is 17.2 Å². The van der Waals surface area contributed by atoms with Gasteiger partial charge in [0.05, 0.1) is 10.9 Å². The van der Waals surface area contributed by atoms with Crippen molar-refractivity contribution < 1.29 is 14.3 Å². The molecule has 0 aliphatic heterocycles. The van der Waals surface area contributed by atoms with Crippen molar-refractivity contribution in [3.8, 4) is 5.75 Å². The number of hydrogen-bond acceptors (Lipinski definition) is 4. The SMILES string of the molecule is CC(=O)Oc1cccc2ccc3c(C)cc(C=O)nc3c12. The summed E-state index contributed by atoms with van der Waals surface area (Å²) in [5.41, 5.74) is 2.00. The molecular weight excluding hydrogens is 266 g/mol. The Hall–Kier alpha value is -2.75. The first kappa shape index (κ1) is 13.2. The fourth-order valence-electron chi connectivity index (χ4n) is 2.52. The minimum atomic E-state index is -0.386. The minimum absolute atomic E-state index is 0.366. The van der Waals surface area contributed by atoms with Gasteiger partial charge in [-0.15, -0.1) is 0 Å². The molecule has 0 bridgehead atoms. The van der Waals surface area contributed by atoms with Crippen LogP contribution in [0.4, 0.5) is 0 Å². The van der Waals surface area contributed by atoms with E-state index in [0.717, 1.165) is 28.0 Å². The summed E-state index contributed by atoms with van der Waals surface area (Å²) in [6.45, 7) is 3.29. The van der Waals surface area contributed by atoms with Crippen molar-refractivity contribution in [3.63, 3.8) is 0 Å². The lowest BCUT2D eigenvalue weighted by Gasteiger charge is -2.10. The third-order valence-corrected chi connectivity index (χ3v) is 3.38. The summed E-state index contributed by atoms with van der Waals surface area (Å²) >= 11 is 0. The smallest absolute Gasteiger partial charge is 0.308 e. The fourth-order valence-corrected chi connectivity index (χ4v) is 2.52. The van der Waals surface area contributed by atoms with E-state index in [1.165, 1.54) is 6.92 Å². The summed E-state index contributed by atoms with van der Waals surface area (Å²) in [6, 6.07) is 11.1. The molecule has 3 rings (SSSR count). The molecule has 0 N–H and O–H groups in total. The molecule has 104 valence electrons. The van der Waals surface area contributed by atoms with Crippen molar-refractivity contribution in [2.24, 2.45) is 0 Å². The highest BCUT2D eigenvalue weighted by atomic mass is 16.5. The maximum Gasteiger partial charge on any atom is 0.308 e. The Labute approximate surface area is 121 Å². The number of pyridine rings is 1. The van der Waals surface area contributed by atoms with Crippen molar-refractivity contribution in [3.05, 3.63) is 47.7 Å². The molecule has 0 radical (unpaired) electrons. The number of carbonyl (C=O) groups is 2. The maximum atomic E-state index is 11.3. The lowest BCUT2D eigenvalue weighted by molar-refractivity contribution is -0.131. The van der Waals surface area contributed by atoms with Gasteiger partial charge in [-0.2, -0.15) is 0 Å². The van der Waals surface area contributed by atoms with Gasteiger partial charge in [0.15, 0.2) is 6.29 Å². The molecule has 0 atom stereocenters. The van der Waals surface area contributed by atoms with Gasteiger partial charge in [-0.05, 0) is 30.0 Å². The molecule has 4 heteroatoms. The topological polar surface area (TPSA) is 56.3 Å². The van der Waals surface area contributed by atoms with E-state index < -0.39 is 0 Å². The molecule has 0 spiro atoms. The molecule has 21 heavy (non-hydrogen) atoms. The second-order valence-electron chi connectivity index (χ2n) is 4.89. The molecule has 0 aliphatic rings. The Kier molecular flexibility index (Phi) is 3.14. The van der Waals surface area contributed by atoms with E-state index in [4.69, 9.17) is 4.74 Å². The summed E-state index contributed by atoms with van der Waals surface area (Å²) < 4.78 is 5.28. The number of fused-ring (bicyclic) bond motifs is 3. The number of aldehydes is 1. The molecule has 1 heterocycles. The standard InChI is InChI=1S/C17H13NO3/c1-10-8-13(9-19)18-17-14(10)7-6-12-4-3-5-15(16(12)17)21-11(2)20/h3-9H,1-2H3. The summed E-state index contributed by atoms with van der Waals surface area (Å²) in [7, 11) is 0. The highest BCUT2D eigenvalue weighted by molar-refractivity contribution is 6.10. The van der Waals surface area contributed by atoms with Gasteiger partial charge in [0.25, 0.3) is 0 Å². The molecule has 1 aromatic heterocycles. The number of aryl methyl sites for hydroxylation is 1. The van der Waals surface area contributed by atoms with Crippen molar-refractivity contribution in [2.75, 3.05) is 0 Å². The first-order valence-corrected chi connectivity index (χ1v) is 6.57. The monoisotopic (exact) mass is 279 g/mol. The zero-order valence-corrected chi connectivity index (χ0v) is 11.7. The molecule has 0 aliphatic carbocycles. The van der Waals surface area contributed by atoms with Crippen molar-refractivity contribution in [1.82, 2.24) is 4.98 Å². The van der Waals surface area contributed by atoms with Crippen LogP contribution in [0.15, 0.2) is 36.4 Å². The van der Waals surface area contributed by atoms with Crippen LogP contribution in [0.25, 0.3) is 21.7 Å². The quantitative estimate of drug-likeness (QED) is 0.312. The molecule has 4 nitrogen and oxygen atoms in total. The summed E-state index contributed by atoms with van der Waals surface area (Å²) in [5, 5.41) is 2.60. The molecule has 0 saturated heterocycles. The van der Waals surface area contributed by atoms with Gasteiger partial charge >= 0.3 is 5.97 Å². The number of ether oxygens (including phenoxy) is 1. The van der Waals surface area contributed by atoms with Crippen LogP contribution in [-0.2, 0) is 4.79 Å². The molecular formula is C17H13NO3. The second kappa shape index (κ2) is 4.98. The van der Waals surface area contributed by atoms with Gasteiger partial charge in [0.1, 0.15) is 11.4 Å². The van der Waals surface area contributed by atoms with Crippen molar-refractivity contribution >= 4 is 33.9 Å². The molecule has 0 unspecified atom stereocenters. The Bertz CT molecular complexity index is 884. The Morgan fingerprint density at radius 3 is 2.76 bits per heavy atom. The van der Waals surface area contributed by atoms with Crippen LogP contribution in [0.3, 0.4) is 0 Å². The Morgan fingerprint density at radius 1 is 1.24 bits per heavy atom. The van der Waals surface area contributed by atoms with Gasteiger partial charge in [-0.25, -0.2) is 4.98 Å². The van der Waals surface area contributed by atoms with E-state index in [2.05, 4.69) is 4.98 Å². The zero-order chi connectivity index (χ0) is 15.0. The lowest BCUT2D eigenvalue weighted by atomic mass is 10.0. The van der Waals surface area contributed by atoms with Gasteiger partial charge in [0, 0.05) is 12.3 Å². The van der Waals surface area contributed by atoms with E-state index in [1.54, 1.807) is 12.1 Å². The third-order valence-electron chi connectivity index (χ3n) is 3.38. The normalized spacial score (nSPS) is 10.8. The van der Waals surface area contributed by atoms with Crippen molar-refractivity contribution in [1.29, 1.82) is 0 Å². The number of carbonyl (C=O) groups excluding carboxylic acids is 2. The highest BCUT2D eigenvalue weighted by Gasteiger charge is 2.12. The first-order valence-electron chi connectivity index (χ1n) is 6.57. The molecule has 0 amide bonds. The van der Waals surface area contributed by atoms with Crippen LogP contribution in [0.5, 0.6) is 5.75 Å². The molecule has 0 fully saturated rings. The van der Waals surface area contributed by atoms with E-state index in [0.29, 0.717) is 17.0 Å². The highest BCUT2D eigenvalue weighted by Crippen LogP contribution is 2.33. The van der Waals surface area contributed by atoms with Gasteiger partial charge in [-0.3, -0.25) is 9.59 Å². The molecule has 0 saturated carbocycles. The average molecular weight is 279 g/mol. The van der Waals surface area contributed by atoms with Gasteiger partial charge in [-0.1, -0.05) is 24.3 Å². The largest absolute Gasteiger partial charge is 0.426 e. The Balaban J connectivity index is 2.47. The maximum absolute atomic E-state index is 11.3. The summed E-state index contributed by atoms with van der Waals surface area (Å²) in [5.74, 6) is 0.0725. The fraction of sp³-hybridized carbons (Fsp3) is 0.118. The van der Waals surface area contributed by atoms with Crippen LogP contribution in [0.1, 0.15) is 23.0 Å². The van der Waals surface area contributed by atoms with Crippen LogP contribution in [0.2, 0.25) is 0 Å². The number of nitrogens with zero attached hydrogens (tertiary/aromatic N) is 1. The van der Waals surface area contributed by atoms with E-state index in [1.807, 2.05) is 31.2 Å². The van der Waals surface area contributed by atoms with Gasteiger partial charge in [0.2, 0.25) is 0 Å². The predicted octanol–water partition coefficient (Wildman–Crippen LogP) is 3.43. The zero-order valence-electron chi connectivity index (χ0n) is 11.7. The van der Waals surface area contributed by atoms with E-state index in [9.17, 15) is 9.59 Å². The number of hydrogen-bond donors (Lipinski definition) is 0. The van der Waals surface area contributed by atoms with Crippen LogP contribution >= 0.6 is 0 Å². The van der Waals surface area contributed by atoms with Crippen LogP contribution in [0, 0.1) is 6.92 Å². The van der Waals surface area contributed by atoms with Crippen molar-refractivity contribution in [2.45, 2.75) is 13.8 Å². The minimum Gasteiger partial charge on any atom is -0.426 e. The number of rotatable bonds is 2. The lowest BCUT2D eigenvalue weighted by Crippen LogP contribution is -2.02. The second-order valence-corrected chi connectivity index (χ2v) is 4.89. The first-order chi connectivity index (χ1) is 10.1. The number of esters is 1. The summed E-state index contributed by atoms with van der Waals surface area (Å²) in [6.07, 6.45) is 0.722. The average Bonchev–Trinajstić information content (AvgIpc) is 2.46. The molecule has 3 aromatic rings. The summed E-state index contributed by atoms with van der Waals surface area (Å²) in [4.78, 5) is 26.7. The van der Waals surface area contributed by atoms with Crippen LogP contribution < -0.4 is 4.74 Å². The number of benzene rings is 2. The van der Waals surface area contributed by atoms with Gasteiger partial charge < -0.3 is 4.74 Å². The predicted molar refractivity (Wildman–Crippen MR) is 80.7 cm³/mol. The van der Waals surface area contributed by atoms with E-state index in [-0.39, 0.29) is 5.97 Å². The van der Waals surface area contributed by atoms with E-state index >= 15 is 0 Å².